The van der Waals surface area contributed by atoms with Crippen molar-refractivity contribution < 1.29 is 18.7 Å². The highest BCUT2D eigenvalue weighted by atomic mass is 19.1. The van der Waals surface area contributed by atoms with E-state index in [1.165, 1.54) is 25.3 Å². The summed E-state index contributed by atoms with van der Waals surface area (Å²) in [6.07, 6.45) is 2.67. The number of halogens is 1. The largest absolute Gasteiger partial charge is 0.493 e. The van der Waals surface area contributed by atoms with Crippen LogP contribution in [0, 0.1) is 23.1 Å². The number of nitrogens with one attached hydrogen (secondary N) is 1. The van der Waals surface area contributed by atoms with Crippen LogP contribution in [0.3, 0.4) is 0 Å². The van der Waals surface area contributed by atoms with Crippen molar-refractivity contribution in [1.29, 1.82) is 5.26 Å². The summed E-state index contributed by atoms with van der Waals surface area (Å²) in [4.78, 5) is 18.7. The van der Waals surface area contributed by atoms with Crippen molar-refractivity contribution in [1.82, 2.24) is 10.3 Å². The molecular weight excluding hydrogens is 375 g/mol. The van der Waals surface area contributed by atoms with E-state index in [0.717, 1.165) is 5.82 Å². The van der Waals surface area contributed by atoms with Gasteiger partial charge in [0, 0.05) is 31.3 Å². The molecule has 0 spiro atoms. The summed E-state index contributed by atoms with van der Waals surface area (Å²) < 4.78 is 24.4. The van der Waals surface area contributed by atoms with Crippen molar-refractivity contribution in [2.45, 2.75) is 25.0 Å². The van der Waals surface area contributed by atoms with E-state index in [0.29, 0.717) is 43.0 Å². The van der Waals surface area contributed by atoms with E-state index in [-0.39, 0.29) is 24.0 Å². The SMILES string of the molecule is COc1ccc(F)cc1O[C@H]1C[C@H](C(=O)NC2CN(c3cc(C#N)ccn3)C2)C1. The molecule has 1 aromatic carbocycles. The van der Waals surface area contributed by atoms with Crippen LogP contribution in [0.2, 0.25) is 0 Å². The van der Waals surface area contributed by atoms with Gasteiger partial charge in [0.2, 0.25) is 5.91 Å². The molecule has 7 nitrogen and oxygen atoms in total. The third-order valence-corrected chi connectivity index (χ3v) is 5.31. The van der Waals surface area contributed by atoms with Gasteiger partial charge in [0.15, 0.2) is 11.5 Å². The first-order valence-electron chi connectivity index (χ1n) is 9.47. The normalized spacial score (nSPS) is 20.8. The highest BCUT2D eigenvalue weighted by molar-refractivity contribution is 5.80. The maximum atomic E-state index is 13.4. The quantitative estimate of drug-likeness (QED) is 0.806. The summed E-state index contributed by atoms with van der Waals surface area (Å²) in [5, 5.41) is 12.0. The van der Waals surface area contributed by atoms with Crippen LogP contribution in [0.1, 0.15) is 18.4 Å². The van der Waals surface area contributed by atoms with Crippen molar-refractivity contribution in [2.75, 3.05) is 25.1 Å². The molecule has 1 saturated heterocycles. The van der Waals surface area contributed by atoms with E-state index in [2.05, 4.69) is 16.4 Å². The fourth-order valence-corrected chi connectivity index (χ4v) is 3.53. The molecule has 2 fully saturated rings. The molecule has 2 aliphatic rings. The second kappa shape index (κ2) is 7.95. The third kappa shape index (κ3) is 4.09. The van der Waals surface area contributed by atoms with Crippen LogP contribution < -0.4 is 19.7 Å². The number of aromatic nitrogens is 1. The van der Waals surface area contributed by atoms with E-state index < -0.39 is 5.82 Å². The average Bonchev–Trinajstić information content (AvgIpc) is 2.66. The van der Waals surface area contributed by atoms with Crippen molar-refractivity contribution in [2.24, 2.45) is 5.92 Å². The smallest absolute Gasteiger partial charge is 0.223 e. The van der Waals surface area contributed by atoms with Gasteiger partial charge in [-0.25, -0.2) is 9.37 Å². The summed E-state index contributed by atoms with van der Waals surface area (Å²) in [6, 6.07) is 9.71. The minimum Gasteiger partial charge on any atom is -0.493 e. The maximum absolute atomic E-state index is 13.4. The van der Waals surface area contributed by atoms with Crippen LogP contribution in [0.5, 0.6) is 11.5 Å². The molecule has 0 atom stereocenters. The summed E-state index contributed by atoms with van der Waals surface area (Å²) in [7, 11) is 1.51. The van der Waals surface area contributed by atoms with Crippen molar-refractivity contribution in [3.8, 4) is 17.6 Å². The van der Waals surface area contributed by atoms with Gasteiger partial charge in [-0.3, -0.25) is 4.79 Å². The van der Waals surface area contributed by atoms with Gasteiger partial charge >= 0.3 is 0 Å². The first-order chi connectivity index (χ1) is 14.1. The van der Waals surface area contributed by atoms with Gasteiger partial charge < -0.3 is 19.7 Å². The molecule has 0 bridgehead atoms. The lowest BCUT2D eigenvalue weighted by molar-refractivity contribution is -0.131. The highest BCUT2D eigenvalue weighted by Gasteiger charge is 2.39. The zero-order valence-electron chi connectivity index (χ0n) is 16.0. The number of nitrogens with zero attached hydrogens (tertiary/aromatic N) is 3. The molecule has 1 aliphatic carbocycles. The van der Waals surface area contributed by atoms with Crippen molar-refractivity contribution in [3.05, 3.63) is 47.9 Å². The molecule has 4 rings (SSSR count). The number of carbonyl (C=O) groups is 1. The first kappa shape index (κ1) is 19.0. The molecule has 0 unspecified atom stereocenters. The number of ether oxygens (including phenoxy) is 2. The summed E-state index contributed by atoms with van der Waals surface area (Å²) >= 11 is 0. The van der Waals surface area contributed by atoms with Crippen molar-refractivity contribution >= 4 is 11.7 Å². The van der Waals surface area contributed by atoms with Gasteiger partial charge in [-0.2, -0.15) is 5.26 Å². The number of hydrogen-bond acceptors (Lipinski definition) is 6. The lowest BCUT2D eigenvalue weighted by atomic mass is 9.81. The molecule has 2 aromatic rings. The zero-order valence-corrected chi connectivity index (χ0v) is 16.0. The van der Waals surface area contributed by atoms with Gasteiger partial charge in [-0.15, -0.1) is 0 Å². The van der Waals surface area contributed by atoms with Gasteiger partial charge in [0.05, 0.1) is 24.8 Å². The van der Waals surface area contributed by atoms with Crippen LogP contribution in [0.4, 0.5) is 10.2 Å². The first-order valence-corrected chi connectivity index (χ1v) is 9.47. The van der Waals surface area contributed by atoms with E-state index in [9.17, 15) is 9.18 Å². The molecule has 1 amide bonds. The summed E-state index contributed by atoms with van der Waals surface area (Å²) in [5.41, 5.74) is 0.568. The Bertz CT molecular complexity index is 949. The van der Waals surface area contributed by atoms with Crippen LogP contribution in [-0.2, 0) is 4.79 Å². The number of carbonyl (C=O) groups excluding carboxylic acids is 1. The fraction of sp³-hybridized carbons (Fsp3) is 0.381. The molecule has 1 N–H and O–H groups in total. The molecule has 2 heterocycles. The fourth-order valence-electron chi connectivity index (χ4n) is 3.53. The Hall–Kier alpha value is -3.34. The number of methoxy groups -OCH3 is 1. The minimum absolute atomic E-state index is 0.0134. The predicted molar refractivity (Wildman–Crippen MR) is 103 cm³/mol. The lowest BCUT2D eigenvalue weighted by Crippen LogP contribution is -2.61. The Balaban J connectivity index is 1.22. The second-order valence-corrected chi connectivity index (χ2v) is 7.33. The molecule has 1 aliphatic heterocycles. The van der Waals surface area contributed by atoms with Gasteiger partial charge in [0.1, 0.15) is 17.7 Å². The molecule has 1 saturated carbocycles. The third-order valence-electron chi connectivity index (χ3n) is 5.31. The minimum atomic E-state index is -0.390. The maximum Gasteiger partial charge on any atom is 0.223 e. The molecule has 0 radical (unpaired) electrons. The molecular formula is C21H21FN4O3. The van der Waals surface area contributed by atoms with Gasteiger partial charge in [0.25, 0.3) is 0 Å². The Kier molecular flexibility index (Phi) is 5.21. The topological polar surface area (TPSA) is 87.5 Å². The van der Waals surface area contributed by atoms with Crippen LogP contribution >= 0.6 is 0 Å². The summed E-state index contributed by atoms with van der Waals surface area (Å²) in [5.74, 6) is 1.10. The summed E-state index contributed by atoms with van der Waals surface area (Å²) in [6.45, 7) is 1.33. The van der Waals surface area contributed by atoms with Gasteiger partial charge in [-0.1, -0.05) is 0 Å². The average molecular weight is 396 g/mol. The Labute approximate surface area is 168 Å². The standard InChI is InChI=1S/C21H21FN4O3/c1-28-18-3-2-15(22)9-19(18)29-17-7-14(8-17)21(27)25-16-11-26(12-16)20-6-13(10-23)4-5-24-20/h2-6,9,14,16-17H,7-8,11-12H2,1H3,(H,25,27)/t14-,17-. The molecule has 8 heteroatoms. The van der Waals surface area contributed by atoms with Crippen molar-refractivity contribution in [3.63, 3.8) is 0 Å². The number of amides is 1. The lowest BCUT2D eigenvalue weighted by Gasteiger charge is -2.42. The molecule has 29 heavy (non-hydrogen) atoms. The second-order valence-electron chi connectivity index (χ2n) is 7.33. The number of nitriles is 1. The van der Waals surface area contributed by atoms with E-state index >= 15 is 0 Å². The Morgan fingerprint density at radius 1 is 1.28 bits per heavy atom. The van der Waals surface area contributed by atoms with Gasteiger partial charge in [-0.05, 0) is 37.1 Å². The zero-order chi connectivity index (χ0) is 20.4. The number of benzene rings is 1. The predicted octanol–water partition coefficient (Wildman–Crippen LogP) is 2.26. The highest BCUT2D eigenvalue weighted by Crippen LogP contribution is 2.36. The van der Waals surface area contributed by atoms with E-state index in [1.54, 1.807) is 18.3 Å². The van der Waals surface area contributed by atoms with E-state index in [1.807, 2.05) is 4.90 Å². The monoisotopic (exact) mass is 396 g/mol. The number of hydrogen-bond donors (Lipinski definition) is 1. The molecule has 150 valence electrons. The van der Waals surface area contributed by atoms with Crippen LogP contribution in [0.15, 0.2) is 36.5 Å². The van der Waals surface area contributed by atoms with Crippen LogP contribution in [-0.4, -0.2) is 43.2 Å². The number of rotatable bonds is 6. The Morgan fingerprint density at radius 3 is 2.79 bits per heavy atom. The number of anilines is 1. The number of pyridine rings is 1. The van der Waals surface area contributed by atoms with Crippen LogP contribution in [0.25, 0.3) is 0 Å². The molecule has 1 aromatic heterocycles. The Morgan fingerprint density at radius 2 is 2.07 bits per heavy atom. The van der Waals surface area contributed by atoms with E-state index in [4.69, 9.17) is 14.7 Å².